The molecule has 0 amide bonds. The summed E-state index contributed by atoms with van der Waals surface area (Å²) < 4.78 is 10.8. The number of nitrogens with zero attached hydrogens (tertiary/aromatic N) is 2. The molecule has 1 aromatic heterocycles. The molecular weight excluding hydrogens is 254 g/mol. The van der Waals surface area contributed by atoms with Crippen molar-refractivity contribution in [3.05, 3.63) is 47.6 Å². The van der Waals surface area contributed by atoms with Gasteiger partial charge in [0.1, 0.15) is 5.54 Å². The normalized spacial score (nSPS) is 14.4. The maximum Gasteiger partial charge on any atom is 0.231 e. The van der Waals surface area contributed by atoms with Gasteiger partial charge in [-0.2, -0.15) is 4.98 Å². The molecule has 5 nitrogen and oxygen atoms in total. The molecule has 5 heteroatoms. The summed E-state index contributed by atoms with van der Waals surface area (Å²) >= 11 is 0. The summed E-state index contributed by atoms with van der Waals surface area (Å²) in [5.41, 5.74) is 6.56. The minimum Gasteiger partial charge on any atom is -0.376 e. The number of benzene rings is 1. The smallest absolute Gasteiger partial charge is 0.231 e. The highest BCUT2D eigenvalue weighted by Gasteiger charge is 2.28. The Morgan fingerprint density at radius 1 is 1.30 bits per heavy atom. The summed E-state index contributed by atoms with van der Waals surface area (Å²) in [5, 5.41) is 3.97. The van der Waals surface area contributed by atoms with Gasteiger partial charge in [-0.1, -0.05) is 35.5 Å². The summed E-state index contributed by atoms with van der Waals surface area (Å²) in [5.74, 6) is 1.04. The van der Waals surface area contributed by atoms with Crippen molar-refractivity contribution in [1.29, 1.82) is 0 Å². The first kappa shape index (κ1) is 14.7. The van der Waals surface area contributed by atoms with E-state index >= 15 is 0 Å². The monoisotopic (exact) mass is 275 g/mol. The predicted molar refractivity (Wildman–Crippen MR) is 76.2 cm³/mol. The lowest BCUT2D eigenvalue weighted by Crippen LogP contribution is -2.40. The van der Waals surface area contributed by atoms with Crippen LogP contribution in [0.25, 0.3) is 0 Å². The van der Waals surface area contributed by atoms with Gasteiger partial charge in [-0.15, -0.1) is 0 Å². The third kappa shape index (κ3) is 3.88. The largest absolute Gasteiger partial charge is 0.376 e. The van der Waals surface area contributed by atoms with Gasteiger partial charge in [-0.3, -0.25) is 0 Å². The van der Waals surface area contributed by atoms with Gasteiger partial charge in [-0.25, -0.2) is 0 Å². The quantitative estimate of drug-likeness (QED) is 0.875. The molecule has 0 fully saturated rings. The molecule has 0 aliphatic heterocycles. The Hall–Kier alpha value is -1.72. The van der Waals surface area contributed by atoms with Crippen LogP contribution in [0, 0.1) is 0 Å². The maximum atomic E-state index is 6.18. The van der Waals surface area contributed by atoms with E-state index < -0.39 is 5.54 Å². The van der Waals surface area contributed by atoms with Crippen LogP contribution in [0.1, 0.15) is 38.0 Å². The fraction of sp³-hybridized carbons (Fsp3) is 0.467. The Kier molecular flexibility index (Phi) is 4.52. The van der Waals surface area contributed by atoms with Crippen molar-refractivity contribution in [2.75, 3.05) is 6.61 Å². The van der Waals surface area contributed by atoms with Crippen LogP contribution in [0.3, 0.4) is 0 Å². The van der Waals surface area contributed by atoms with Gasteiger partial charge in [0, 0.05) is 0 Å². The van der Waals surface area contributed by atoms with E-state index in [0.717, 1.165) is 5.56 Å². The van der Waals surface area contributed by atoms with Gasteiger partial charge in [0.25, 0.3) is 0 Å². The van der Waals surface area contributed by atoms with Crippen LogP contribution < -0.4 is 5.73 Å². The zero-order valence-electron chi connectivity index (χ0n) is 12.2. The molecule has 0 spiro atoms. The Bertz CT molecular complexity index is 535. The van der Waals surface area contributed by atoms with Crippen LogP contribution in [-0.2, 0) is 16.7 Å². The molecule has 2 rings (SSSR count). The second-order valence-electron chi connectivity index (χ2n) is 5.45. The lowest BCUT2D eigenvalue weighted by atomic mass is 10.1. The number of hydrogen-bond donors (Lipinski definition) is 1. The molecule has 0 aliphatic rings. The topological polar surface area (TPSA) is 74.2 Å². The molecule has 0 saturated heterocycles. The van der Waals surface area contributed by atoms with E-state index in [1.807, 2.05) is 51.1 Å². The van der Waals surface area contributed by atoms with Crippen molar-refractivity contribution in [2.24, 2.45) is 5.73 Å². The van der Waals surface area contributed by atoms with Gasteiger partial charge in [0.15, 0.2) is 5.82 Å². The Morgan fingerprint density at radius 3 is 2.65 bits per heavy atom. The SMILES string of the molecule is CC(C)OCC(C)(N)c1noc(Cc2ccccc2)n1. The second-order valence-corrected chi connectivity index (χ2v) is 5.45. The minimum atomic E-state index is -0.747. The van der Waals surface area contributed by atoms with Gasteiger partial charge < -0.3 is 15.0 Å². The Morgan fingerprint density at radius 2 is 2.00 bits per heavy atom. The zero-order chi connectivity index (χ0) is 14.6. The van der Waals surface area contributed by atoms with E-state index in [2.05, 4.69) is 10.1 Å². The molecular formula is C15H21N3O2. The number of rotatable bonds is 6. The molecule has 0 aliphatic carbocycles. The molecule has 0 radical (unpaired) electrons. The Balaban J connectivity index is 2.04. The van der Waals surface area contributed by atoms with E-state index in [1.165, 1.54) is 0 Å². The highest BCUT2D eigenvalue weighted by atomic mass is 16.5. The van der Waals surface area contributed by atoms with Crippen LogP contribution in [-0.4, -0.2) is 22.9 Å². The fourth-order valence-electron chi connectivity index (χ4n) is 1.73. The third-order valence-corrected chi connectivity index (χ3v) is 2.89. The summed E-state index contributed by atoms with van der Waals surface area (Å²) in [6.07, 6.45) is 0.725. The van der Waals surface area contributed by atoms with Gasteiger partial charge >= 0.3 is 0 Å². The van der Waals surface area contributed by atoms with E-state index in [0.29, 0.717) is 24.7 Å². The van der Waals surface area contributed by atoms with Crippen molar-refractivity contribution in [3.63, 3.8) is 0 Å². The van der Waals surface area contributed by atoms with Crippen LogP contribution >= 0.6 is 0 Å². The average Bonchev–Trinajstić information content (AvgIpc) is 2.87. The van der Waals surface area contributed by atoms with E-state index in [1.54, 1.807) is 0 Å². The molecule has 1 unspecified atom stereocenters. The molecule has 0 saturated carbocycles. The van der Waals surface area contributed by atoms with Crippen LogP contribution in [0.15, 0.2) is 34.9 Å². The number of ether oxygens (including phenoxy) is 1. The van der Waals surface area contributed by atoms with Crippen LogP contribution in [0.2, 0.25) is 0 Å². The lowest BCUT2D eigenvalue weighted by Gasteiger charge is -2.21. The first-order chi connectivity index (χ1) is 9.47. The van der Waals surface area contributed by atoms with Gasteiger partial charge in [-0.05, 0) is 26.3 Å². The van der Waals surface area contributed by atoms with Crippen molar-refractivity contribution in [1.82, 2.24) is 10.1 Å². The number of nitrogens with two attached hydrogens (primary N) is 1. The highest BCUT2D eigenvalue weighted by Crippen LogP contribution is 2.17. The third-order valence-electron chi connectivity index (χ3n) is 2.89. The van der Waals surface area contributed by atoms with Crippen molar-refractivity contribution in [2.45, 2.75) is 38.8 Å². The van der Waals surface area contributed by atoms with Crippen molar-refractivity contribution in [3.8, 4) is 0 Å². The standard InChI is InChI=1S/C15H21N3O2/c1-11(2)19-10-15(3,16)14-17-13(20-18-14)9-12-7-5-4-6-8-12/h4-8,11H,9-10,16H2,1-3H3. The molecule has 1 aromatic carbocycles. The predicted octanol–water partition coefficient (Wildman–Crippen LogP) is 2.26. The molecule has 2 aromatic rings. The highest BCUT2D eigenvalue weighted by molar-refractivity contribution is 5.18. The summed E-state index contributed by atoms with van der Waals surface area (Å²) in [4.78, 5) is 4.37. The average molecular weight is 275 g/mol. The summed E-state index contributed by atoms with van der Waals surface area (Å²) in [6.45, 7) is 6.13. The first-order valence-corrected chi connectivity index (χ1v) is 6.75. The van der Waals surface area contributed by atoms with E-state index in [9.17, 15) is 0 Å². The molecule has 0 bridgehead atoms. The van der Waals surface area contributed by atoms with Crippen molar-refractivity contribution < 1.29 is 9.26 Å². The van der Waals surface area contributed by atoms with E-state index in [-0.39, 0.29) is 6.10 Å². The van der Waals surface area contributed by atoms with Gasteiger partial charge in [0.2, 0.25) is 5.89 Å². The molecule has 20 heavy (non-hydrogen) atoms. The van der Waals surface area contributed by atoms with Crippen LogP contribution in [0.5, 0.6) is 0 Å². The fourth-order valence-corrected chi connectivity index (χ4v) is 1.73. The molecule has 108 valence electrons. The number of aromatic nitrogens is 2. The lowest BCUT2D eigenvalue weighted by molar-refractivity contribution is 0.0410. The minimum absolute atomic E-state index is 0.119. The summed E-state index contributed by atoms with van der Waals surface area (Å²) in [7, 11) is 0. The maximum absolute atomic E-state index is 6.18. The second kappa shape index (κ2) is 6.15. The van der Waals surface area contributed by atoms with Crippen molar-refractivity contribution >= 4 is 0 Å². The number of hydrogen-bond acceptors (Lipinski definition) is 5. The Labute approximate surface area is 119 Å². The summed E-state index contributed by atoms with van der Waals surface area (Å²) in [6, 6.07) is 9.98. The zero-order valence-corrected chi connectivity index (χ0v) is 12.2. The molecule has 1 heterocycles. The molecule has 1 atom stereocenters. The van der Waals surface area contributed by atoms with E-state index in [4.69, 9.17) is 15.0 Å². The van der Waals surface area contributed by atoms with Crippen LogP contribution in [0.4, 0.5) is 0 Å². The molecule has 2 N–H and O–H groups in total. The van der Waals surface area contributed by atoms with Gasteiger partial charge in [0.05, 0.1) is 19.1 Å². The first-order valence-electron chi connectivity index (χ1n) is 6.75.